The van der Waals surface area contributed by atoms with E-state index in [0.717, 1.165) is 18.5 Å². The summed E-state index contributed by atoms with van der Waals surface area (Å²) in [6.45, 7) is 3.30. The first-order valence-corrected chi connectivity index (χ1v) is 7.48. The average Bonchev–Trinajstić information content (AvgIpc) is 2.45. The Morgan fingerprint density at radius 3 is 2.65 bits per heavy atom. The average molecular weight is 277 g/mol. The van der Waals surface area contributed by atoms with Crippen molar-refractivity contribution in [2.24, 2.45) is 11.7 Å². The molecule has 1 aromatic carbocycles. The van der Waals surface area contributed by atoms with E-state index < -0.39 is 5.91 Å². The van der Waals surface area contributed by atoms with Gasteiger partial charge in [0.05, 0.1) is 6.04 Å². The van der Waals surface area contributed by atoms with Crippen LogP contribution in [0.5, 0.6) is 5.75 Å². The lowest BCUT2D eigenvalue weighted by atomic mass is 9.86. The third kappa shape index (κ3) is 4.53. The SMILES string of the molecule is C[C@H]1CCCC[C@H]1[NH2+]Cc1ccc(OCC(N)=O)cc1. The molecule has 0 aliphatic heterocycles. The van der Waals surface area contributed by atoms with E-state index >= 15 is 0 Å². The van der Waals surface area contributed by atoms with Crippen LogP contribution in [0.4, 0.5) is 0 Å². The summed E-state index contributed by atoms with van der Waals surface area (Å²) in [7, 11) is 0. The van der Waals surface area contributed by atoms with E-state index in [1.807, 2.05) is 12.1 Å². The van der Waals surface area contributed by atoms with Gasteiger partial charge in [-0.05, 0) is 43.5 Å². The van der Waals surface area contributed by atoms with Gasteiger partial charge >= 0.3 is 0 Å². The number of primary amides is 1. The summed E-state index contributed by atoms with van der Waals surface area (Å²) in [6.07, 6.45) is 5.45. The fourth-order valence-corrected chi connectivity index (χ4v) is 2.86. The van der Waals surface area contributed by atoms with E-state index in [2.05, 4.69) is 24.4 Å². The summed E-state index contributed by atoms with van der Waals surface area (Å²) in [4.78, 5) is 10.6. The van der Waals surface area contributed by atoms with Crippen LogP contribution in [0, 0.1) is 5.92 Å². The molecule has 1 saturated carbocycles. The van der Waals surface area contributed by atoms with Crippen molar-refractivity contribution in [2.45, 2.75) is 45.2 Å². The quantitative estimate of drug-likeness (QED) is 0.820. The number of hydrogen-bond donors (Lipinski definition) is 2. The number of rotatable bonds is 6. The summed E-state index contributed by atoms with van der Waals surface area (Å²) in [5, 5.41) is 2.46. The molecular weight excluding hydrogens is 252 g/mol. The first-order chi connectivity index (χ1) is 9.65. The molecule has 0 aromatic heterocycles. The molecule has 1 fully saturated rings. The second-order valence-corrected chi connectivity index (χ2v) is 5.76. The Bertz CT molecular complexity index is 431. The van der Waals surface area contributed by atoms with Crippen molar-refractivity contribution >= 4 is 5.91 Å². The predicted molar refractivity (Wildman–Crippen MR) is 78.2 cm³/mol. The van der Waals surface area contributed by atoms with Crippen LogP contribution in [0.2, 0.25) is 0 Å². The molecule has 4 nitrogen and oxygen atoms in total. The molecule has 0 heterocycles. The van der Waals surface area contributed by atoms with E-state index in [9.17, 15) is 4.79 Å². The zero-order chi connectivity index (χ0) is 14.4. The van der Waals surface area contributed by atoms with Crippen molar-refractivity contribution in [3.05, 3.63) is 29.8 Å². The number of quaternary nitrogens is 1. The summed E-state index contributed by atoms with van der Waals surface area (Å²) in [5.41, 5.74) is 6.33. The third-order valence-electron chi connectivity index (χ3n) is 4.14. The molecule has 4 heteroatoms. The Morgan fingerprint density at radius 2 is 2.00 bits per heavy atom. The second-order valence-electron chi connectivity index (χ2n) is 5.76. The van der Waals surface area contributed by atoms with Crippen LogP contribution in [-0.2, 0) is 11.3 Å². The Labute approximate surface area is 120 Å². The minimum absolute atomic E-state index is 0.0644. The van der Waals surface area contributed by atoms with Gasteiger partial charge in [0.25, 0.3) is 5.91 Å². The number of benzene rings is 1. The van der Waals surface area contributed by atoms with Crippen LogP contribution in [0.1, 0.15) is 38.2 Å². The Hall–Kier alpha value is -1.55. The normalized spacial score (nSPS) is 22.4. The maximum Gasteiger partial charge on any atom is 0.255 e. The number of amides is 1. The van der Waals surface area contributed by atoms with E-state index in [-0.39, 0.29) is 6.61 Å². The monoisotopic (exact) mass is 277 g/mol. The highest BCUT2D eigenvalue weighted by Crippen LogP contribution is 2.21. The van der Waals surface area contributed by atoms with E-state index in [1.54, 1.807) is 0 Å². The van der Waals surface area contributed by atoms with E-state index in [0.29, 0.717) is 5.75 Å². The smallest absolute Gasteiger partial charge is 0.255 e. The molecule has 1 aliphatic carbocycles. The zero-order valence-electron chi connectivity index (χ0n) is 12.2. The van der Waals surface area contributed by atoms with Crippen LogP contribution in [0.3, 0.4) is 0 Å². The Balaban J connectivity index is 1.79. The molecule has 1 aliphatic rings. The van der Waals surface area contributed by atoms with Gasteiger partial charge in [0, 0.05) is 11.5 Å². The molecule has 2 rings (SSSR count). The molecule has 4 N–H and O–H groups in total. The van der Waals surface area contributed by atoms with Gasteiger partial charge in [0.15, 0.2) is 6.61 Å². The maximum atomic E-state index is 10.6. The van der Waals surface area contributed by atoms with Gasteiger partial charge in [0.1, 0.15) is 12.3 Å². The van der Waals surface area contributed by atoms with Crippen molar-refractivity contribution in [3.63, 3.8) is 0 Å². The highest BCUT2D eigenvalue weighted by Gasteiger charge is 2.23. The highest BCUT2D eigenvalue weighted by atomic mass is 16.5. The van der Waals surface area contributed by atoms with Gasteiger partial charge in [0.2, 0.25) is 0 Å². The van der Waals surface area contributed by atoms with Crippen molar-refractivity contribution in [3.8, 4) is 5.75 Å². The second kappa shape index (κ2) is 7.29. The van der Waals surface area contributed by atoms with Gasteiger partial charge in [-0.3, -0.25) is 4.79 Å². The number of nitrogens with two attached hydrogens (primary N) is 2. The fourth-order valence-electron chi connectivity index (χ4n) is 2.86. The van der Waals surface area contributed by atoms with Crippen molar-refractivity contribution in [1.82, 2.24) is 0 Å². The van der Waals surface area contributed by atoms with E-state index in [4.69, 9.17) is 10.5 Å². The molecule has 0 saturated heterocycles. The number of hydrogen-bond acceptors (Lipinski definition) is 2. The number of ether oxygens (including phenoxy) is 1. The predicted octanol–water partition coefficient (Wildman–Crippen LogP) is 1.19. The van der Waals surface area contributed by atoms with Crippen molar-refractivity contribution in [2.75, 3.05) is 6.61 Å². The Kier molecular flexibility index (Phi) is 5.41. The Morgan fingerprint density at radius 1 is 1.30 bits per heavy atom. The lowest BCUT2D eigenvalue weighted by Crippen LogP contribution is -2.90. The number of carbonyl (C=O) groups excluding carboxylic acids is 1. The van der Waals surface area contributed by atoms with Crippen LogP contribution in [0.15, 0.2) is 24.3 Å². The molecule has 20 heavy (non-hydrogen) atoms. The van der Waals surface area contributed by atoms with Gasteiger partial charge in [-0.25, -0.2) is 0 Å². The van der Waals surface area contributed by atoms with Gasteiger partial charge in [-0.1, -0.05) is 13.3 Å². The standard InChI is InChI=1S/C16H24N2O2/c1-12-4-2-3-5-15(12)18-10-13-6-8-14(9-7-13)20-11-16(17)19/h6-9,12,15,18H,2-5,10-11H2,1H3,(H2,17,19)/p+1/t12-,15+/m0/s1. The fraction of sp³-hybridized carbons (Fsp3) is 0.562. The first kappa shape index (κ1) is 14.9. The molecule has 0 bridgehead atoms. The molecule has 110 valence electrons. The largest absolute Gasteiger partial charge is 0.484 e. The molecular formula is C16H25N2O2+. The van der Waals surface area contributed by atoms with E-state index in [1.165, 1.54) is 31.2 Å². The minimum Gasteiger partial charge on any atom is -0.484 e. The minimum atomic E-state index is -0.450. The lowest BCUT2D eigenvalue weighted by Gasteiger charge is -2.26. The van der Waals surface area contributed by atoms with Crippen molar-refractivity contribution < 1.29 is 14.8 Å². The molecule has 1 aromatic rings. The molecule has 0 unspecified atom stereocenters. The molecule has 0 spiro atoms. The van der Waals surface area contributed by atoms with Gasteiger partial charge in [-0.15, -0.1) is 0 Å². The van der Waals surface area contributed by atoms with Crippen LogP contribution < -0.4 is 15.8 Å². The summed E-state index contributed by atoms with van der Waals surface area (Å²) in [6, 6.07) is 8.67. The molecule has 1 amide bonds. The summed E-state index contributed by atoms with van der Waals surface area (Å²) < 4.78 is 5.25. The summed E-state index contributed by atoms with van der Waals surface area (Å²) >= 11 is 0. The highest BCUT2D eigenvalue weighted by molar-refractivity contribution is 5.75. The summed E-state index contributed by atoms with van der Waals surface area (Å²) in [5.74, 6) is 1.06. The zero-order valence-corrected chi connectivity index (χ0v) is 12.2. The van der Waals surface area contributed by atoms with Gasteiger partial charge in [-0.2, -0.15) is 0 Å². The third-order valence-corrected chi connectivity index (χ3v) is 4.14. The topological polar surface area (TPSA) is 68.9 Å². The first-order valence-electron chi connectivity index (χ1n) is 7.48. The van der Waals surface area contributed by atoms with Crippen LogP contribution in [-0.4, -0.2) is 18.6 Å². The lowest BCUT2D eigenvalue weighted by molar-refractivity contribution is -0.712. The number of carbonyl (C=O) groups is 1. The maximum absolute atomic E-state index is 10.6. The molecule has 0 radical (unpaired) electrons. The van der Waals surface area contributed by atoms with Crippen LogP contribution in [0.25, 0.3) is 0 Å². The van der Waals surface area contributed by atoms with Gasteiger partial charge < -0.3 is 15.8 Å². The van der Waals surface area contributed by atoms with Crippen LogP contribution >= 0.6 is 0 Å². The van der Waals surface area contributed by atoms with Crippen molar-refractivity contribution in [1.29, 1.82) is 0 Å². The molecule has 2 atom stereocenters.